The summed E-state index contributed by atoms with van der Waals surface area (Å²) in [6.45, 7) is 6.43. The van der Waals surface area contributed by atoms with Crippen LogP contribution in [-0.4, -0.2) is 26.4 Å². The molecule has 28 heavy (non-hydrogen) atoms. The summed E-state index contributed by atoms with van der Waals surface area (Å²) in [7, 11) is 1.93. The number of hydrogen-bond acceptors (Lipinski definition) is 4. The number of rotatable bonds is 7. The number of hydrogen-bond donors (Lipinski definition) is 1. The lowest BCUT2D eigenvalue weighted by Gasteiger charge is -2.10. The van der Waals surface area contributed by atoms with Crippen molar-refractivity contribution in [3.63, 3.8) is 0 Å². The van der Waals surface area contributed by atoms with Gasteiger partial charge in [0.05, 0.1) is 5.75 Å². The topological polar surface area (TPSA) is 59.8 Å². The summed E-state index contributed by atoms with van der Waals surface area (Å²) in [5, 5.41) is 12.2. The van der Waals surface area contributed by atoms with Gasteiger partial charge in [-0.15, -0.1) is 10.2 Å². The van der Waals surface area contributed by atoms with Crippen LogP contribution < -0.4 is 5.32 Å². The van der Waals surface area contributed by atoms with E-state index in [1.54, 1.807) is 0 Å². The first-order valence-electron chi connectivity index (χ1n) is 9.47. The van der Waals surface area contributed by atoms with E-state index in [0.717, 1.165) is 34.2 Å². The first-order valence-corrected chi connectivity index (χ1v) is 10.5. The van der Waals surface area contributed by atoms with Crippen molar-refractivity contribution in [3.05, 3.63) is 59.7 Å². The van der Waals surface area contributed by atoms with E-state index in [4.69, 9.17) is 0 Å². The minimum Gasteiger partial charge on any atom is -0.325 e. The number of nitrogens with zero attached hydrogens (tertiary/aromatic N) is 3. The number of amides is 1. The Morgan fingerprint density at radius 1 is 1.14 bits per heavy atom. The van der Waals surface area contributed by atoms with Gasteiger partial charge in [0.1, 0.15) is 0 Å². The Kier molecular flexibility index (Phi) is 6.52. The van der Waals surface area contributed by atoms with Gasteiger partial charge < -0.3 is 9.88 Å². The molecule has 1 N–H and O–H groups in total. The van der Waals surface area contributed by atoms with Gasteiger partial charge in [-0.05, 0) is 42.5 Å². The van der Waals surface area contributed by atoms with Gasteiger partial charge in [-0.2, -0.15) is 0 Å². The second-order valence-corrected chi connectivity index (χ2v) is 7.89. The quantitative estimate of drug-likeness (QED) is 0.571. The van der Waals surface area contributed by atoms with Crippen molar-refractivity contribution >= 4 is 23.4 Å². The molecule has 0 spiro atoms. The van der Waals surface area contributed by atoms with E-state index in [-0.39, 0.29) is 11.7 Å². The maximum Gasteiger partial charge on any atom is 0.234 e. The lowest BCUT2D eigenvalue weighted by atomic mass is 9.99. The molecule has 146 valence electrons. The third-order valence-corrected chi connectivity index (χ3v) is 5.95. The summed E-state index contributed by atoms with van der Waals surface area (Å²) < 4.78 is 1.93. The molecule has 0 aliphatic heterocycles. The molecular weight excluding hydrogens is 368 g/mol. The highest BCUT2D eigenvalue weighted by Crippen LogP contribution is 2.25. The molecule has 2 aromatic carbocycles. The van der Waals surface area contributed by atoms with E-state index in [1.165, 1.54) is 17.3 Å². The van der Waals surface area contributed by atoms with Gasteiger partial charge in [0, 0.05) is 18.3 Å². The molecule has 0 bridgehead atoms. The average Bonchev–Trinajstić information content (AvgIpc) is 3.07. The summed E-state index contributed by atoms with van der Waals surface area (Å²) in [5.41, 5.74) is 4.30. The Labute approximate surface area is 170 Å². The van der Waals surface area contributed by atoms with Crippen molar-refractivity contribution in [1.82, 2.24) is 14.8 Å². The first kappa shape index (κ1) is 20.1. The number of carbonyl (C=O) groups is 1. The molecule has 1 aromatic heterocycles. The molecule has 1 unspecified atom stereocenters. The molecule has 0 aliphatic rings. The van der Waals surface area contributed by atoms with E-state index in [2.05, 4.69) is 54.5 Å². The fourth-order valence-electron chi connectivity index (χ4n) is 2.96. The van der Waals surface area contributed by atoms with E-state index in [1.807, 2.05) is 41.9 Å². The SMILES string of the molecule is CCC(C)c1ccc(NC(=O)CSc2nnc(-c3ccccc3C)n2C)cc1. The van der Waals surface area contributed by atoms with E-state index in [0.29, 0.717) is 5.92 Å². The molecule has 3 aromatic rings. The summed E-state index contributed by atoms with van der Waals surface area (Å²) in [5.74, 6) is 1.56. The molecule has 0 radical (unpaired) electrons. The maximum absolute atomic E-state index is 12.3. The molecule has 3 rings (SSSR count). The maximum atomic E-state index is 12.3. The summed E-state index contributed by atoms with van der Waals surface area (Å²) in [4.78, 5) is 12.3. The monoisotopic (exact) mass is 394 g/mol. The Morgan fingerprint density at radius 3 is 2.54 bits per heavy atom. The molecule has 0 saturated heterocycles. The third kappa shape index (κ3) is 4.62. The second kappa shape index (κ2) is 9.06. The van der Waals surface area contributed by atoms with Crippen LogP contribution in [0.1, 0.15) is 37.3 Å². The molecular formula is C22H26N4OS. The minimum atomic E-state index is -0.0540. The zero-order valence-electron chi connectivity index (χ0n) is 16.8. The number of aromatic nitrogens is 3. The summed E-state index contributed by atoms with van der Waals surface area (Å²) in [6.07, 6.45) is 1.10. The Hall–Kier alpha value is -2.60. The van der Waals surface area contributed by atoms with Gasteiger partial charge in [-0.25, -0.2) is 0 Å². The number of benzene rings is 2. The number of carbonyl (C=O) groups excluding carboxylic acids is 1. The highest BCUT2D eigenvalue weighted by Gasteiger charge is 2.14. The summed E-state index contributed by atoms with van der Waals surface area (Å²) in [6, 6.07) is 16.2. The predicted molar refractivity (Wildman–Crippen MR) is 116 cm³/mol. The van der Waals surface area contributed by atoms with Crippen LogP contribution in [0.4, 0.5) is 5.69 Å². The fraction of sp³-hybridized carbons (Fsp3) is 0.318. The molecule has 1 atom stereocenters. The third-order valence-electron chi connectivity index (χ3n) is 4.93. The van der Waals surface area contributed by atoms with Crippen LogP contribution in [0, 0.1) is 6.92 Å². The van der Waals surface area contributed by atoms with Gasteiger partial charge in [-0.3, -0.25) is 4.79 Å². The smallest absolute Gasteiger partial charge is 0.234 e. The van der Waals surface area contributed by atoms with Crippen LogP contribution in [0.25, 0.3) is 11.4 Å². The molecule has 0 fully saturated rings. The number of thioether (sulfide) groups is 1. The summed E-state index contributed by atoms with van der Waals surface area (Å²) >= 11 is 1.38. The molecule has 0 saturated carbocycles. The van der Waals surface area contributed by atoms with Crippen molar-refractivity contribution in [1.29, 1.82) is 0 Å². The number of nitrogens with one attached hydrogen (secondary N) is 1. The largest absolute Gasteiger partial charge is 0.325 e. The van der Waals surface area contributed by atoms with Crippen molar-refractivity contribution in [2.75, 3.05) is 11.1 Å². The molecule has 5 nitrogen and oxygen atoms in total. The molecule has 1 heterocycles. The van der Waals surface area contributed by atoms with Crippen LogP contribution in [0.3, 0.4) is 0 Å². The van der Waals surface area contributed by atoms with Crippen molar-refractivity contribution < 1.29 is 4.79 Å². The van der Waals surface area contributed by atoms with Crippen LogP contribution >= 0.6 is 11.8 Å². The van der Waals surface area contributed by atoms with Crippen molar-refractivity contribution in [2.45, 2.75) is 38.3 Å². The highest BCUT2D eigenvalue weighted by molar-refractivity contribution is 7.99. The van der Waals surface area contributed by atoms with Gasteiger partial charge in [0.15, 0.2) is 11.0 Å². The second-order valence-electron chi connectivity index (χ2n) is 6.95. The predicted octanol–water partition coefficient (Wildman–Crippen LogP) is 5.03. The van der Waals surface area contributed by atoms with Gasteiger partial charge in [0.2, 0.25) is 5.91 Å². The van der Waals surface area contributed by atoms with E-state index < -0.39 is 0 Å². The minimum absolute atomic E-state index is 0.0540. The molecule has 6 heteroatoms. The van der Waals surface area contributed by atoms with Crippen LogP contribution in [0.5, 0.6) is 0 Å². The van der Waals surface area contributed by atoms with E-state index >= 15 is 0 Å². The van der Waals surface area contributed by atoms with Gasteiger partial charge >= 0.3 is 0 Å². The Bertz CT molecular complexity index is 949. The van der Waals surface area contributed by atoms with Gasteiger partial charge in [-0.1, -0.05) is 62.0 Å². The van der Waals surface area contributed by atoms with Crippen LogP contribution in [-0.2, 0) is 11.8 Å². The lowest BCUT2D eigenvalue weighted by molar-refractivity contribution is -0.113. The highest BCUT2D eigenvalue weighted by atomic mass is 32.2. The van der Waals surface area contributed by atoms with E-state index in [9.17, 15) is 4.79 Å². The number of anilines is 1. The van der Waals surface area contributed by atoms with Crippen LogP contribution in [0.15, 0.2) is 53.7 Å². The van der Waals surface area contributed by atoms with Crippen molar-refractivity contribution in [3.8, 4) is 11.4 Å². The lowest BCUT2D eigenvalue weighted by Crippen LogP contribution is -2.14. The zero-order chi connectivity index (χ0) is 20.1. The first-order chi connectivity index (χ1) is 13.5. The van der Waals surface area contributed by atoms with Gasteiger partial charge in [0.25, 0.3) is 0 Å². The Balaban J connectivity index is 1.60. The average molecular weight is 395 g/mol. The number of aryl methyl sites for hydroxylation is 1. The van der Waals surface area contributed by atoms with Crippen LogP contribution in [0.2, 0.25) is 0 Å². The molecule has 1 amide bonds. The standard InChI is InChI=1S/C22H26N4OS/c1-5-15(2)17-10-12-18(13-11-17)23-20(27)14-28-22-25-24-21(26(22)4)19-9-7-6-8-16(19)3/h6-13,15H,5,14H2,1-4H3,(H,23,27). The Morgan fingerprint density at radius 2 is 1.86 bits per heavy atom. The zero-order valence-corrected chi connectivity index (χ0v) is 17.6. The normalized spacial score (nSPS) is 12.0. The molecule has 0 aliphatic carbocycles. The fourth-order valence-corrected chi connectivity index (χ4v) is 3.67. The van der Waals surface area contributed by atoms with Crippen molar-refractivity contribution in [2.24, 2.45) is 7.05 Å².